The van der Waals surface area contributed by atoms with Crippen LogP contribution in [0, 0.1) is 12.7 Å². The van der Waals surface area contributed by atoms with E-state index in [-0.39, 0.29) is 34.2 Å². The fraction of sp³-hybridized carbons (Fsp3) is 0.100. The largest absolute Gasteiger partial charge is 0.322 e. The molecular weight excluding hydrogens is 355 g/mol. The van der Waals surface area contributed by atoms with Crippen LogP contribution in [0.15, 0.2) is 65.6 Å². The number of hydrogen-bond donors (Lipinski definition) is 1. The Morgan fingerprint density at radius 1 is 1.12 bits per heavy atom. The van der Waals surface area contributed by atoms with E-state index in [9.17, 15) is 14.0 Å². The second-order valence-corrected chi connectivity index (χ2v) is 6.31. The summed E-state index contributed by atoms with van der Waals surface area (Å²) < 4.78 is 15.2. The molecule has 1 amide bonds. The van der Waals surface area contributed by atoms with Gasteiger partial charge in [0.25, 0.3) is 11.5 Å². The summed E-state index contributed by atoms with van der Waals surface area (Å²) >= 11 is 6.02. The Kier molecular flexibility index (Phi) is 5.19. The monoisotopic (exact) mass is 370 g/mol. The summed E-state index contributed by atoms with van der Waals surface area (Å²) in [6.07, 6.45) is 1.40. The van der Waals surface area contributed by atoms with E-state index in [0.29, 0.717) is 5.69 Å². The Labute approximate surface area is 154 Å². The van der Waals surface area contributed by atoms with Crippen molar-refractivity contribution in [2.75, 3.05) is 5.32 Å². The van der Waals surface area contributed by atoms with E-state index in [1.807, 2.05) is 19.1 Å². The lowest BCUT2D eigenvalue weighted by atomic mass is 10.2. The predicted octanol–water partition coefficient (Wildman–Crippen LogP) is 4.25. The third-order valence-corrected chi connectivity index (χ3v) is 4.30. The molecule has 0 atom stereocenters. The van der Waals surface area contributed by atoms with Crippen LogP contribution in [-0.4, -0.2) is 10.5 Å². The maximum Gasteiger partial charge on any atom is 0.257 e. The second kappa shape index (κ2) is 7.54. The first-order valence-corrected chi connectivity index (χ1v) is 8.33. The van der Waals surface area contributed by atoms with Crippen molar-refractivity contribution in [1.29, 1.82) is 0 Å². The van der Waals surface area contributed by atoms with Gasteiger partial charge in [-0.15, -0.1) is 0 Å². The second-order valence-electron chi connectivity index (χ2n) is 5.90. The van der Waals surface area contributed by atoms with Crippen LogP contribution >= 0.6 is 11.6 Å². The minimum absolute atomic E-state index is 0.0595. The number of rotatable bonds is 4. The van der Waals surface area contributed by atoms with Gasteiger partial charge in [-0.1, -0.05) is 35.4 Å². The summed E-state index contributed by atoms with van der Waals surface area (Å²) in [6.45, 7) is 1.89. The lowest BCUT2D eigenvalue weighted by Crippen LogP contribution is -2.23. The molecule has 1 N–H and O–H groups in total. The Balaban J connectivity index is 1.86. The van der Waals surface area contributed by atoms with Crippen LogP contribution in [0.3, 0.4) is 0 Å². The number of nitrogens with one attached hydrogen (secondary N) is 1. The van der Waals surface area contributed by atoms with Crippen molar-refractivity contribution in [2.45, 2.75) is 13.5 Å². The first-order chi connectivity index (χ1) is 12.4. The molecule has 0 radical (unpaired) electrons. The molecule has 3 rings (SSSR count). The Morgan fingerprint density at radius 3 is 2.54 bits per heavy atom. The normalized spacial score (nSPS) is 10.6. The number of amides is 1. The smallest absolute Gasteiger partial charge is 0.257 e. The molecule has 0 unspecified atom stereocenters. The van der Waals surface area contributed by atoms with Gasteiger partial charge in [-0.3, -0.25) is 9.59 Å². The fourth-order valence-electron chi connectivity index (χ4n) is 2.48. The third-order valence-electron chi connectivity index (χ3n) is 3.95. The number of benzene rings is 2. The average Bonchev–Trinajstić information content (AvgIpc) is 2.61. The van der Waals surface area contributed by atoms with Gasteiger partial charge in [0.1, 0.15) is 5.82 Å². The van der Waals surface area contributed by atoms with E-state index >= 15 is 0 Å². The molecule has 0 spiro atoms. The molecule has 1 heterocycles. The lowest BCUT2D eigenvalue weighted by Gasteiger charge is -2.11. The number of nitrogens with zero attached hydrogens (tertiary/aromatic N) is 1. The van der Waals surface area contributed by atoms with Crippen molar-refractivity contribution in [3.8, 4) is 0 Å². The molecular formula is C20H16ClFN2O2. The van der Waals surface area contributed by atoms with E-state index < -0.39 is 5.82 Å². The standard InChI is InChI=1S/C20H16ClFN2O2/c1-13-5-8-15(9-6-13)23-20(26)14-7-10-19(25)24(11-14)12-16-17(21)3-2-4-18(16)22/h2-11H,12H2,1H3,(H,23,26). The zero-order valence-electron chi connectivity index (χ0n) is 14.0. The highest BCUT2D eigenvalue weighted by molar-refractivity contribution is 6.31. The van der Waals surface area contributed by atoms with Gasteiger partial charge >= 0.3 is 0 Å². The van der Waals surface area contributed by atoms with E-state index in [0.717, 1.165) is 5.56 Å². The number of aryl methyl sites for hydroxylation is 1. The number of carbonyl (C=O) groups is 1. The molecule has 26 heavy (non-hydrogen) atoms. The van der Waals surface area contributed by atoms with Crippen molar-refractivity contribution in [1.82, 2.24) is 4.57 Å². The quantitative estimate of drug-likeness (QED) is 0.746. The van der Waals surface area contributed by atoms with Gasteiger partial charge < -0.3 is 9.88 Å². The molecule has 0 aliphatic heterocycles. The lowest BCUT2D eigenvalue weighted by molar-refractivity contribution is 0.102. The zero-order valence-corrected chi connectivity index (χ0v) is 14.8. The molecule has 2 aromatic carbocycles. The summed E-state index contributed by atoms with van der Waals surface area (Å²) in [7, 11) is 0. The summed E-state index contributed by atoms with van der Waals surface area (Å²) in [5.74, 6) is -0.860. The minimum Gasteiger partial charge on any atom is -0.322 e. The highest BCUT2D eigenvalue weighted by atomic mass is 35.5. The zero-order chi connectivity index (χ0) is 18.7. The topological polar surface area (TPSA) is 51.1 Å². The Hall–Kier alpha value is -2.92. The van der Waals surface area contributed by atoms with Crippen LogP contribution in [0.4, 0.5) is 10.1 Å². The van der Waals surface area contributed by atoms with E-state index in [4.69, 9.17) is 11.6 Å². The van der Waals surface area contributed by atoms with Gasteiger partial charge in [-0.25, -0.2) is 4.39 Å². The van der Waals surface area contributed by atoms with E-state index in [2.05, 4.69) is 5.32 Å². The Bertz CT molecular complexity index is 993. The molecule has 132 valence electrons. The molecule has 0 bridgehead atoms. The molecule has 0 saturated carbocycles. The number of carbonyl (C=O) groups excluding carboxylic acids is 1. The number of aromatic nitrogens is 1. The number of anilines is 1. The average molecular weight is 371 g/mol. The predicted molar refractivity (Wildman–Crippen MR) is 100 cm³/mol. The van der Waals surface area contributed by atoms with Crippen LogP contribution in [0.2, 0.25) is 5.02 Å². The van der Waals surface area contributed by atoms with Gasteiger partial charge in [0.15, 0.2) is 0 Å². The Morgan fingerprint density at radius 2 is 1.85 bits per heavy atom. The molecule has 0 saturated heterocycles. The van der Waals surface area contributed by atoms with Crippen molar-refractivity contribution in [3.05, 3.63) is 98.7 Å². The van der Waals surface area contributed by atoms with E-state index in [1.54, 1.807) is 18.2 Å². The van der Waals surface area contributed by atoms with Gasteiger partial charge in [-0.05, 0) is 37.3 Å². The van der Waals surface area contributed by atoms with Crippen LogP contribution in [0.25, 0.3) is 0 Å². The first-order valence-electron chi connectivity index (χ1n) is 7.95. The third kappa shape index (κ3) is 4.00. The highest BCUT2D eigenvalue weighted by Gasteiger charge is 2.12. The first kappa shape index (κ1) is 17.9. The molecule has 1 aromatic heterocycles. The molecule has 6 heteroatoms. The van der Waals surface area contributed by atoms with Crippen molar-refractivity contribution in [3.63, 3.8) is 0 Å². The maximum absolute atomic E-state index is 14.0. The fourth-order valence-corrected chi connectivity index (χ4v) is 2.71. The van der Waals surface area contributed by atoms with Crippen LogP contribution in [0.5, 0.6) is 0 Å². The van der Waals surface area contributed by atoms with Crippen molar-refractivity contribution in [2.24, 2.45) is 0 Å². The van der Waals surface area contributed by atoms with Crippen LogP contribution in [-0.2, 0) is 6.54 Å². The number of hydrogen-bond acceptors (Lipinski definition) is 2. The summed E-state index contributed by atoms with van der Waals surface area (Å²) in [4.78, 5) is 24.5. The summed E-state index contributed by atoms with van der Waals surface area (Å²) in [5, 5.41) is 2.99. The highest BCUT2D eigenvalue weighted by Crippen LogP contribution is 2.19. The number of pyridine rings is 1. The minimum atomic E-state index is -0.501. The molecule has 4 nitrogen and oxygen atoms in total. The number of halogens is 2. The summed E-state index contributed by atoms with van der Waals surface area (Å²) in [5.41, 5.74) is 1.87. The molecule has 0 aliphatic carbocycles. The molecule has 3 aromatic rings. The summed E-state index contributed by atoms with van der Waals surface area (Å²) in [6, 6.07) is 14.4. The van der Waals surface area contributed by atoms with Gasteiger partial charge in [0, 0.05) is 28.5 Å². The van der Waals surface area contributed by atoms with Crippen LogP contribution in [0.1, 0.15) is 21.5 Å². The maximum atomic E-state index is 14.0. The molecule has 0 aliphatic rings. The van der Waals surface area contributed by atoms with Crippen LogP contribution < -0.4 is 10.9 Å². The molecule has 0 fully saturated rings. The van der Waals surface area contributed by atoms with E-state index in [1.165, 1.54) is 35.0 Å². The van der Waals surface area contributed by atoms with Crippen molar-refractivity contribution < 1.29 is 9.18 Å². The van der Waals surface area contributed by atoms with Gasteiger partial charge in [0.2, 0.25) is 0 Å². The van der Waals surface area contributed by atoms with Crippen molar-refractivity contribution >= 4 is 23.2 Å². The van der Waals surface area contributed by atoms with Gasteiger partial charge in [0.05, 0.1) is 12.1 Å². The van der Waals surface area contributed by atoms with Gasteiger partial charge in [-0.2, -0.15) is 0 Å². The SMILES string of the molecule is Cc1ccc(NC(=O)c2ccc(=O)n(Cc3c(F)cccc3Cl)c2)cc1.